The molecule has 0 aromatic rings. The van der Waals surface area contributed by atoms with E-state index in [1.807, 2.05) is 13.8 Å². The second-order valence-electron chi connectivity index (χ2n) is 4.21. The van der Waals surface area contributed by atoms with Gasteiger partial charge in [0.2, 0.25) is 0 Å². The maximum Gasteiger partial charge on any atom is 0.304 e. The third-order valence-corrected chi connectivity index (χ3v) is 2.25. The zero-order valence-corrected chi connectivity index (χ0v) is 9.23. The second-order valence-corrected chi connectivity index (χ2v) is 4.21. The Labute approximate surface area is 88.8 Å². The van der Waals surface area contributed by atoms with Crippen LogP contribution in [0.1, 0.15) is 27.2 Å². The van der Waals surface area contributed by atoms with E-state index < -0.39 is 11.9 Å². The van der Waals surface area contributed by atoms with E-state index in [-0.39, 0.29) is 12.3 Å². The highest BCUT2D eigenvalue weighted by molar-refractivity contribution is 6.08. The van der Waals surface area contributed by atoms with Crippen LogP contribution in [-0.4, -0.2) is 34.2 Å². The highest BCUT2D eigenvalue weighted by atomic mass is 16.4. The largest absolute Gasteiger partial charge is 0.481 e. The number of hydrogen-bond donors (Lipinski definition) is 1. The van der Waals surface area contributed by atoms with Crippen molar-refractivity contribution in [2.45, 2.75) is 27.2 Å². The number of nitrogens with zero attached hydrogens (tertiary/aromatic N) is 2. The topological polar surface area (TPSA) is 70.0 Å². The van der Waals surface area contributed by atoms with Crippen LogP contribution in [-0.2, 0) is 9.59 Å². The summed E-state index contributed by atoms with van der Waals surface area (Å²) in [5.41, 5.74) is 0.600. The summed E-state index contributed by atoms with van der Waals surface area (Å²) in [5, 5.41) is 14.1. The van der Waals surface area contributed by atoms with Gasteiger partial charge < -0.3 is 5.11 Å². The van der Waals surface area contributed by atoms with Crippen molar-refractivity contribution in [3.63, 3.8) is 0 Å². The summed E-state index contributed by atoms with van der Waals surface area (Å²) < 4.78 is 0. The third kappa shape index (κ3) is 2.78. The number of rotatable bonds is 4. The fourth-order valence-corrected chi connectivity index (χ4v) is 1.55. The lowest BCUT2D eigenvalue weighted by atomic mass is 10.0. The third-order valence-electron chi connectivity index (χ3n) is 2.25. The summed E-state index contributed by atoms with van der Waals surface area (Å²) in [4.78, 5) is 22.3. The molecule has 0 bridgehead atoms. The van der Waals surface area contributed by atoms with Crippen LogP contribution in [0.25, 0.3) is 0 Å². The molecule has 0 saturated heterocycles. The van der Waals surface area contributed by atoms with Crippen molar-refractivity contribution in [2.75, 3.05) is 6.54 Å². The molecule has 5 heteroatoms. The molecule has 0 radical (unpaired) electrons. The Morgan fingerprint density at radius 2 is 2.20 bits per heavy atom. The van der Waals surface area contributed by atoms with Crippen LogP contribution < -0.4 is 0 Å². The van der Waals surface area contributed by atoms with E-state index in [4.69, 9.17) is 5.11 Å². The van der Waals surface area contributed by atoms with Crippen LogP contribution in [0.15, 0.2) is 5.10 Å². The molecule has 1 unspecified atom stereocenters. The van der Waals surface area contributed by atoms with Gasteiger partial charge in [0.15, 0.2) is 0 Å². The first-order valence-corrected chi connectivity index (χ1v) is 5.00. The highest BCUT2D eigenvalue weighted by Crippen LogP contribution is 2.19. The molecule has 0 aliphatic carbocycles. The first-order valence-electron chi connectivity index (χ1n) is 5.00. The molecule has 1 aliphatic heterocycles. The molecule has 0 spiro atoms. The van der Waals surface area contributed by atoms with Crippen LogP contribution in [0.5, 0.6) is 0 Å². The van der Waals surface area contributed by atoms with Crippen molar-refractivity contribution >= 4 is 17.6 Å². The van der Waals surface area contributed by atoms with Crippen molar-refractivity contribution < 1.29 is 14.7 Å². The van der Waals surface area contributed by atoms with Crippen molar-refractivity contribution in [2.24, 2.45) is 16.9 Å². The predicted octanol–water partition coefficient (Wildman–Crippen LogP) is 0.951. The normalized spacial score (nSPS) is 21.1. The van der Waals surface area contributed by atoms with Gasteiger partial charge in [-0.2, -0.15) is 5.10 Å². The fourth-order valence-electron chi connectivity index (χ4n) is 1.55. The Morgan fingerprint density at radius 1 is 1.60 bits per heavy atom. The maximum atomic E-state index is 11.7. The van der Waals surface area contributed by atoms with Gasteiger partial charge in [0.1, 0.15) is 0 Å². The zero-order valence-electron chi connectivity index (χ0n) is 9.23. The molecular formula is C10H16N2O3. The summed E-state index contributed by atoms with van der Waals surface area (Å²) >= 11 is 0. The quantitative estimate of drug-likeness (QED) is 0.754. The van der Waals surface area contributed by atoms with E-state index >= 15 is 0 Å². The smallest absolute Gasteiger partial charge is 0.304 e. The minimum atomic E-state index is -0.964. The minimum Gasteiger partial charge on any atom is -0.481 e. The number of carboxylic acid groups (broad SMARTS) is 1. The molecule has 1 rings (SSSR count). The fraction of sp³-hybridized carbons (Fsp3) is 0.700. The Hall–Kier alpha value is -1.39. The number of amides is 1. The Bertz CT molecular complexity index is 310. The van der Waals surface area contributed by atoms with Gasteiger partial charge in [-0.3, -0.25) is 9.59 Å². The van der Waals surface area contributed by atoms with Crippen LogP contribution in [0.2, 0.25) is 0 Å². The minimum absolute atomic E-state index is 0.164. The summed E-state index contributed by atoms with van der Waals surface area (Å²) in [6.45, 7) is 6.23. The molecule has 1 aliphatic rings. The Kier molecular flexibility index (Phi) is 3.44. The van der Waals surface area contributed by atoms with Crippen LogP contribution in [0.3, 0.4) is 0 Å². The molecule has 0 aromatic carbocycles. The van der Waals surface area contributed by atoms with E-state index in [1.54, 1.807) is 6.92 Å². The number of hydrazone groups is 1. The summed E-state index contributed by atoms with van der Waals surface area (Å²) in [5.74, 6) is -1.40. The van der Waals surface area contributed by atoms with Gasteiger partial charge in [-0.25, -0.2) is 5.01 Å². The SMILES string of the molecule is CC1=NN(CC(C)C)C(=O)C1CC(=O)O. The van der Waals surface area contributed by atoms with Crippen molar-refractivity contribution in [3.8, 4) is 0 Å². The molecule has 1 amide bonds. The van der Waals surface area contributed by atoms with E-state index in [9.17, 15) is 9.59 Å². The molecule has 0 fully saturated rings. The number of carboxylic acids is 1. The summed E-state index contributed by atoms with van der Waals surface area (Å²) in [6, 6.07) is 0. The maximum absolute atomic E-state index is 11.7. The van der Waals surface area contributed by atoms with E-state index in [0.717, 1.165) is 0 Å². The summed E-state index contributed by atoms with van der Waals surface area (Å²) in [7, 11) is 0. The lowest BCUT2D eigenvalue weighted by Crippen LogP contribution is -2.31. The molecule has 84 valence electrons. The highest BCUT2D eigenvalue weighted by Gasteiger charge is 2.34. The molecule has 0 aromatic heterocycles. The Balaban J connectivity index is 2.69. The van der Waals surface area contributed by atoms with Crippen LogP contribution >= 0.6 is 0 Å². The van der Waals surface area contributed by atoms with Crippen molar-refractivity contribution in [1.29, 1.82) is 0 Å². The van der Waals surface area contributed by atoms with Gasteiger partial charge >= 0.3 is 5.97 Å². The number of hydrogen-bond acceptors (Lipinski definition) is 3. The van der Waals surface area contributed by atoms with Crippen LogP contribution in [0, 0.1) is 11.8 Å². The van der Waals surface area contributed by atoms with Crippen molar-refractivity contribution in [3.05, 3.63) is 0 Å². The molecule has 1 heterocycles. The van der Waals surface area contributed by atoms with E-state index in [2.05, 4.69) is 5.10 Å². The lowest BCUT2D eigenvalue weighted by Gasteiger charge is -2.15. The average Bonchev–Trinajstić information content (AvgIpc) is 2.31. The molecule has 1 atom stereocenters. The molecular weight excluding hydrogens is 196 g/mol. The monoisotopic (exact) mass is 212 g/mol. The van der Waals surface area contributed by atoms with E-state index in [0.29, 0.717) is 18.2 Å². The van der Waals surface area contributed by atoms with Gasteiger partial charge in [0, 0.05) is 12.3 Å². The first kappa shape index (κ1) is 11.7. The number of carbonyl (C=O) groups excluding carboxylic acids is 1. The molecule has 15 heavy (non-hydrogen) atoms. The van der Waals surface area contributed by atoms with Gasteiger partial charge in [-0.15, -0.1) is 0 Å². The number of carbonyl (C=O) groups is 2. The molecule has 0 saturated carbocycles. The molecule has 1 N–H and O–H groups in total. The Morgan fingerprint density at radius 3 is 2.67 bits per heavy atom. The second kappa shape index (κ2) is 4.42. The van der Waals surface area contributed by atoms with Gasteiger partial charge in [-0.1, -0.05) is 13.8 Å². The van der Waals surface area contributed by atoms with Gasteiger partial charge in [-0.05, 0) is 12.8 Å². The van der Waals surface area contributed by atoms with Gasteiger partial charge in [0.25, 0.3) is 5.91 Å². The summed E-state index contributed by atoms with van der Waals surface area (Å²) in [6.07, 6.45) is -0.164. The standard InChI is InChI=1S/C10H16N2O3/c1-6(2)5-12-10(15)8(4-9(13)14)7(3)11-12/h6,8H,4-5H2,1-3H3,(H,13,14). The zero-order chi connectivity index (χ0) is 11.6. The predicted molar refractivity (Wildman–Crippen MR) is 55.4 cm³/mol. The lowest BCUT2D eigenvalue weighted by molar-refractivity contribution is -0.141. The van der Waals surface area contributed by atoms with Gasteiger partial charge in [0.05, 0.1) is 12.3 Å². The van der Waals surface area contributed by atoms with Crippen LogP contribution in [0.4, 0.5) is 0 Å². The first-order chi connectivity index (χ1) is 6.91. The average molecular weight is 212 g/mol. The molecule has 5 nitrogen and oxygen atoms in total. The van der Waals surface area contributed by atoms with E-state index in [1.165, 1.54) is 5.01 Å². The van der Waals surface area contributed by atoms with Crippen molar-refractivity contribution in [1.82, 2.24) is 5.01 Å². The number of aliphatic carboxylic acids is 1.